The largest absolute Gasteiger partial charge is 0.380 e. The van der Waals surface area contributed by atoms with Gasteiger partial charge in [0.25, 0.3) is 0 Å². The van der Waals surface area contributed by atoms with Crippen LogP contribution in [0.5, 0.6) is 0 Å². The minimum absolute atomic E-state index is 0.128. The fourth-order valence-electron chi connectivity index (χ4n) is 1.14. The SMILES string of the molecule is Nc1noc(-c2cccc(Cl)c2Cl)c1Cl. The minimum atomic E-state index is 0.128. The summed E-state index contributed by atoms with van der Waals surface area (Å²) in [5.74, 6) is 0.448. The summed E-state index contributed by atoms with van der Waals surface area (Å²) < 4.78 is 4.97. The third-order valence-corrected chi connectivity index (χ3v) is 3.04. The van der Waals surface area contributed by atoms with E-state index in [1.807, 2.05) is 0 Å². The summed E-state index contributed by atoms with van der Waals surface area (Å²) in [4.78, 5) is 0. The molecular formula is C9H5Cl3N2O. The van der Waals surface area contributed by atoms with E-state index in [-0.39, 0.29) is 10.8 Å². The van der Waals surface area contributed by atoms with Crippen molar-refractivity contribution >= 4 is 40.6 Å². The first-order valence-corrected chi connectivity index (χ1v) is 5.09. The maximum Gasteiger partial charge on any atom is 0.189 e. The molecule has 15 heavy (non-hydrogen) atoms. The molecular weight excluding hydrogens is 258 g/mol. The van der Waals surface area contributed by atoms with Crippen molar-refractivity contribution in [3.05, 3.63) is 33.3 Å². The number of halogens is 3. The summed E-state index contributed by atoms with van der Waals surface area (Å²) in [6.45, 7) is 0. The highest BCUT2D eigenvalue weighted by Crippen LogP contribution is 2.38. The van der Waals surface area contributed by atoms with Crippen molar-refractivity contribution in [3.8, 4) is 11.3 Å². The highest BCUT2D eigenvalue weighted by molar-refractivity contribution is 6.44. The Morgan fingerprint density at radius 3 is 2.47 bits per heavy atom. The van der Waals surface area contributed by atoms with Gasteiger partial charge in [-0.05, 0) is 12.1 Å². The molecule has 0 unspecified atom stereocenters. The molecule has 0 bridgehead atoms. The Bertz CT molecular complexity index is 510. The van der Waals surface area contributed by atoms with Crippen molar-refractivity contribution in [2.24, 2.45) is 0 Å². The van der Waals surface area contributed by atoms with E-state index >= 15 is 0 Å². The molecule has 0 fully saturated rings. The van der Waals surface area contributed by atoms with E-state index in [1.54, 1.807) is 18.2 Å². The average molecular weight is 264 g/mol. The van der Waals surface area contributed by atoms with E-state index in [0.29, 0.717) is 21.4 Å². The lowest BCUT2D eigenvalue weighted by Crippen LogP contribution is -1.83. The lowest BCUT2D eigenvalue weighted by molar-refractivity contribution is 0.436. The molecule has 1 aromatic heterocycles. The molecule has 0 aliphatic rings. The number of nitrogens with zero attached hydrogens (tertiary/aromatic N) is 1. The fraction of sp³-hybridized carbons (Fsp3) is 0. The summed E-state index contributed by atoms with van der Waals surface area (Å²) in [5, 5.41) is 4.54. The Morgan fingerprint density at radius 2 is 1.87 bits per heavy atom. The zero-order chi connectivity index (χ0) is 11.0. The van der Waals surface area contributed by atoms with Crippen LogP contribution < -0.4 is 5.73 Å². The molecule has 2 aromatic rings. The maximum atomic E-state index is 5.99. The molecule has 3 nitrogen and oxygen atoms in total. The maximum absolute atomic E-state index is 5.99. The molecule has 0 saturated carbocycles. The molecule has 2 rings (SSSR count). The monoisotopic (exact) mass is 262 g/mol. The van der Waals surface area contributed by atoms with Crippen LogP contribution in [0.15, 0.2) is 22.7 Å². The van der Waals surface area contributed by atoms with Crippen molar-refractivity contribution < 1.29 is 4.52 Å². The van der Waals surface area contributed by atoms with Crippen molar-refractivity contribution in [3.63, 3.8) is 0 Å². The number of nitrogens with two attached hydrogens (primary N) is 1. The van der Waals surface area contributed by atoms with Gasteiger partial charge in [0.2, 0.25) is 0 Å². The third-order valence-electron chi connectivity index (χ3n) is 1.86. The van der Waals surface area contributed by atoms with Gasteiger partial charge in [0.05, 0.1) is 10.0 Å². The lowest BCUT2D eigenvalue weighted by atomic mass is 10.2. The van der Waals surface area contributed by atoms with Crippen LogP contribution in [-0.4, -0.2) is 5.16 Å². The Kier molecular flexibility index (Phi) is 2.78. The van der Waals surface area contributed by atoms with Crippen LogP contribution in [0.2, 0.25) is 15.1 Å². The molecule has 0 aliphatic heterocycles. The van der Waals surface area contributed by atoms with E-state index in [4.69, 9.17) is 45.1 Å². The average Bonchev–Trinajstić information content (AvgIpc) is 2.53. The normalized spacial score (nSPS) is 10.6. The quantitative estimate of drug-likeness (QED) is 0.849. The van der Waals surface area contributed by atoms with Crippen LogP contribution in [0.25, 0.3) is 11.3 Å². The second-order valence-electron chi connectivity index (χ2n) is 2.81. The van der Waals surface area contributed by atoms with Gasteiger partial charge in [-0.25, -0.2) is 0 Å². The highest BCUT2D eigenvalue weighted by Gasteiger charge is 2.17. The van der Waals surface area contributed by atoms with E-state index in [1.165, 1.54) is 0 Å². The van der Waals surface area contributed by atoms with E-state index in [2.05, 4.69) is 5.16 Å². The lowest BCUT2D eigenvalue weighted by Gasteiger charge is -2.01. The van der Waals surface area contributed by atoms with Crippen LogP contribution in [0.1, 0.15) is 0 Å². The van der Waals surface area contributed by atoms with E-state index in [9.17, 15) is 0 Å². The smallest absolute Gasteiger partial charge is 0.189 e. The van der Waals surface area contributed by atoms with Crippen molar-refractivity contribution in [2.75, 3.05) is 5.73 Å². The minimum Gasteiger partial charge on any atom is -0.380 e. The number of rotatable bonds is 1. The summed E-state index contributed by atoms with van der Waals surface area (Å²) in [6, 6.07) is 5.12. The Hall–Kier alpha value is -0.900. The summed E-state index contributed by atoms with van der Waals surface area (Å²) in [6.07, 6.45) is 0. The molecule has 0 saturated heterocycles. The standard InChI is InChI=1S/C9H5Cl3N2O/c10-5-3-1-2-4(6(5)11)8-7(12)9(13)14-15-8/h1-3H,(H2,13,14). The van der Waals surface area contributed by atoms with Gasteiger partial charge >= 0.3 is 0 Å². The van der Waals surface area contributed by atoms with Crippen LogP contribution in [-0.2, 0) is 0 Å². The van der Waals surface area contributed by atoms with Crippen molar-refractivity contribution in [1.29, 1.82) is 0 Å². The van der Waals surface area contributed by atoms with Crippen molar-refractivity contribution in [2.45, 2.75) is 0 Å². The van der Waals surface area contributed by atoms with Gasteiger partial charge in [-0.3, -0.25) is 0 Å². The zero-order valence-corrected chi connectivity index (χ0v) is 9.57. The Balaban J connectivity index is 2.64. The number of anilines is 1. The molecule has 0 aliphatic carbocycles. The molecule has 0 radical (unpaired) electrons. The Labute approximate surface area is 101 Å². The number of hydrogen-bond donors (Lipinski definition) is 1. The molecule has 0 amide bonds. The molecule has 2 N–H and O–H groups in total. The first-order valence-electron chi connectivity index (χ1n) is 3.96. The zero-order valence-electron chi connectivity index (χ0n) is 7.30. The summed E-state index contributed by atoms with van der Waals surface area (Å²) in [5.41, 5.74) is 6.02. The van der Waals surface area contributed by atoms with Crippen LogP contribution in [0, 0.1) is 0 Å². The molecule has 0 atom stereocenters. The topological polar surface area (TPSA) is 52.0 Å². The molecule has 0 spiro atoms. The molecule has 1 heterocycles. The fourth-order valence-corrected chi connectivity index (χ4v) is 1.70. The highest BCUT2D eigenvalue weighted by atomic mass is 35.5. The second-order valence-corrected chi connectivity index (χ2v) is 3.98. The van der Waals surface area contributed by atoms with Crippen LogP contribution in [0.4, 0.5) is 5.82 Å². The Morgan fingerprint density at radius 1 is 1.13 bits per heavy atom. The summed E-state index contributed by atoms with van der Waals surface area (Å²) >= 11 is 17.7. The first-order chi connectivity index (χ1) is 7.11. The number of benzene rings is 1. The van der Waals surface area contributed by atoms with Gasteiger partial charge in [0, 0.05) is 5.56 Å². The number of hydrogen-bond acceptors (Lipinski definition) is 3. The van der Waals surface area contributed by atoms with E-state index < -0.39 is 0 Å². The van der Waals surface area contributed by atoms with E-state index in [0.717, 1.165) is 0 Å². The van der Waals surface area contributed by atoms with Gasteiger partial charge in [-0.2, -0.15) is 0 Å². The van der Waals surface area contributed by atoms with Crippen molar-refractivity contribution in [1.82, 2.24) is 5.16 Å². The summed E-state index contributed by atoms with van der Waals surface area (Å²) in [7, 11) is 0. The van der Waals surface area contributed by atoms with Crippen LogP contribution in [0.3, 0.4) is 0 Å². The molecule has 78 valence electrons. The van der Waals surface area contributed by atoms with Crippen LogP contribution >= 0.6 is 34.8 Å². The third kappa shape index (κ3) is 1.78. The number of nitrogen functional groups attached to an aromatic ring is 1. The second kappa shape index (κ2) is 3.93. The van der Waals surface area contributed by atoms with Gasteiger partial charge in [-0.1, -0.05) is 46.0 Å². The van der Waals surface area contributed by atoms with Gasteiger partial charge in [0.15, 0.2) is 11.6 Å². The predicted molar refractivity (Wildman–Crippen MR) is 61.4 cm³/mol. The molecule has 1 aromatic carbocycles. The molecule has 6 heteroatoms. The van der Waals surface area contributed by atoms with Gasteiger partial charge in [-0.15, -0.1) is 0 Å². The van der Waals surface area contributed by atoms with Gasteiger partial charge < -0.3 is 10.3 Å². The van der Waals surface area contributed by atoms with Gasteiger partial charge in [0.1, 0.15) is 5.02 Å². The first kappa shape index (κ1) is 10.6. The number of aromatic nitrogens is 1. The predicted octanol–water partition coefficient (Wildman–Crippen LogP) is 3.88.